The van der Waals surface area contributed by atoms with Crippen LogP contribution in [0, 0.1) is 0 Å². The van der Waals surface area contributed by atoms with Crippen LogP contribution in [0.1, 0.15) is 17.4 Å². The van der Waals surface area contributed by atoms with Crippen molar-refractivity contribution in [3.05, 3.63) is 65.3 Å². The molecule has 0 radical (unpaired) electrons. The standard InChI is InChI=1S/C24H25ClN4O4/c1-3-33-24(31)28-13-11-27(12-14-28)23(30)22-16-21(17-5-4-6-20(15-17)32-2)26-29(22)19-9-7-18(25)8-10-19/h4-10,15-16H,3,11-14H2,1-2H3. The highest BCUT2D eigenvalue weighted by Gasteiger charge is 2.28. The van der Waals surface area contributed by atoms with Crippen molar-refractivity contribution >= 4 is 23.6 Å². The van der Waals surface area contributed by atoms with Crippen molar-refractivity contribution in [1.82, 2.24) is 19.6 Å². The van der Waals surface area contributed by atoms with Gasteiger partial charge in [0, 0.05) is 36.8 Å². The fourth-order valence-electron chi connectivity index (χ4n) is 3.70. The maximum atomic E-state index is 13.5. The summed E-state index contributed by atoms with van der Waals surface area (Å²) in [5, 5.41) is 5.32. The first-order valence-corrected chi connectivity index (χ1v) is 11.1. The van der Waals surface area contributed by atoms with Crippen molar-refractivity contribution in [2.24, 2.45) is 0 Å². The molecule has 1 aliphatic rings. The molecule has 0 saturated carbocycles. The second kappa shape index (κ2) is 9.95. The zero-order valence-corrected chi connectivity index (χ0v) is 19.3. The van der Waals surface area contributed by atoms with Gasteiger partial charge in [-0.05, 0) is 49.4 Å². The molecular weight excluding hydrogens is 444 g/mol. The fourth-order valence-corrected chi connectivity index (χ4v) is 3.83. The van der Waals surface area contributed by atoms with Crippen molar-refractivity contribution in [2.75, 3.05) is 39.9 Å². The highest BCUT2D eigenvalue weighted by molar-refractivity contribution is 6.30. The monoisotopic (exact) mass is 468 g/mol. The molecule has 2 aromatic carbocycles. The summed E-state index contributed by atoms with van der Waals surface area (Å²) in [6.07, 6.45) is -0.351. The number of hydrogen-bond donors (Lipinski definition) is 0. The Bertz CT molecular complexity index is 1140. The van der Waals surface area contributed by atoms with Crippen LogP contribution in [0.15, 0.2) is 54.6 Å². The molecule has 8 nitrogen and oxygen atoms in total. The molecule has 9 heteroatoms. The minimum Gasteiger partial charge on any atom is -0.497 e. The zero-order valence-electron chi connectivity index (χ0n) is 18.5. The minimum atomic E-state index is -0.351. The first kappa shape index (κ1) is 22.7. The van der Waals surface area contributed by atoms with E-state index in [2.05, 4.69) is 0 Å². The Morgan fingerprint density at radius 1 is 1.00 bits per heavy atom. The van der Waals surface area contributed by atoms with Gasteiger partial charge >= 0.3 is 6.09 Å². The van der Waals surface area contributed by atoms with E-state index in [4.69, 9.17) is 26.2 Å². The molecule has 1 aliphatic heterocycles. The molecule has 3 aromatic rings. The highest BCUT2D eigenvalue weighted by atomic mass is 35.5. The van der Waals surface area contributed by atoms with Crippen LogP contribution in [0.25, 0.3) is 16.9 Å². The molecule has 0 atom stereocenters. The van der Waals surface area contributed by atoms with E-state index in [-0.39, 0.29) is 12.0 Å². The lowest BCUT2D eigenvalue weighted by Crippen LogP contribution is -2.51. The number of methoxy groups -OCH3 is 1. The van der Waals surface area contributed by atoms with Crippen LogP contribution in [0.2, 0.25) is 5.02 Å². The van der Waals surface area contributed by atoms with Crippen molar-refractivity contribution < 1.29 is 19.1 Å². The van der Waals surface area contributed by atoms with Gasteiger partial charge in [-0.15, -0.1) is 0 Å². The van der Waals surface area contributed by atoms with E-state index in [0.29, 0.717) is 54.9 Å². The number of nitrogens with zero attached hydrogens (tertiary/aromatic N) is 4. The Labute approximate surface area is 197 Å². The van der Waals surface area contributed by atoms with Crippen LogP contribution in [0.5, 0.6) is 5.75 Å². The van der Waals surface area contributed by atoms with E-state index in [1.54, 1.807) is 46.7 Å². The number of carbonyl (C=O) groups excluding carboxylic acids is 2. The summed E-state index contributed by atoms with van der Waals surface area (Å²) >= 11 is 6.06. The van der Waals surface area contributed by atoms with Gasteiger partial charge in [0.15, 0.2) is 0 Å². The second-order valence-electron chi connectivity index (χ2n) is 7.51. The maximum absolute atomic E-state index is 13.5. The minimum absolute atomic E-state index is 0.157. The van der Waals surface area contributed by atoms with Gasteiger partial charge in [0.2, 0.25) is 0 Å². The molecule has 0 aliphatic carbocycles. The number of rotatable bonds is 5. The van der Waals surface area contributed by atoms with Gasteiger partial charge in [-0.25, -0.2) is 9.48 Å². The van der Waals surface area contributed by atoms with Gasteiger partial charge in [0.25, 0.3) is 5.91 Å². The molecule has 1 fully saturated rings. The van der Waals surface area contributed by atoms with Crippen LogP contribution in [-0.2, 0) is 4.74 Å². The fraction of sp³-hybridized carbons (Fsp3) is 0.292. The highest BCUT2D eigenvalue weighted by Crippen LogP contribution is 2.26. The smallest absolute Gasteiger partial charge is 0.409 e. The number of piperazine rings is 1. The Morgan fingerprint density at radius 3 is 2.36 bits per heavy atom. The largest absolute Gasteiger partial charge is 0.497 e. The molecule has 0 spiro atoms. The number of carbonyl (C=O) groups is 2. The van der Waals surface area contributed by atoms with Crippen LogP contribution >= 0.6 is 11.6 Å². The van der Waals surface area contributed by atoms with Gasteiger partial charge in [0.05, 0.1) is 25.1 Å². The third-order valence-electron chi connectivity index (χ3n) is 5.46. The average molecular weight is 469 g/mol. The summed E-state index contributed by atoms with van der Waals surface area (Å²) in [6, 6.07) is 16.5. The Balaban J connectivity index is 1.64. The number of halogens is 1. The van der Waals surface area contributed by atoms with Gasteiger partial charge < -0.3 is 19.3 Å². The summed E-state index contributed by atoms with van der Waals surface area (Å²) < 4.78 is 12.0. The van der Waals surface area contributed by atoms with E-state index in [9.17, 15) is 9.59 Å². The molecule has 2 amide bonds. The predicted molar refractivity (Wildman–Crippen MR) is 125 cm³/mol. The van der Waals surface area contributed by atoms with Crippen molar-refractivity contribution in [1.29, 1.82) is 0 Å². The lowest BCUT2D eigenvalue weighted by atomic mass is 10.1. The normalized spacial score (nSPS) is 13.7. The number of benzene rings is 2. The SMILES string of the molecule is CCOC(=O)N1CCN(C(=O)c2cc(-c3cccc(OC)c3)nn2-c2ccc(Cl)cc2)CC1. The molecular formula is C24H25ClN4O4. The molecule has 0 unspecified atom stereocenters. The topological polar surface area (TPSA) is 76.9 Å². The maximum Gasteiger partial charge on any atom is 0.409 e. The summed E-state index contributed by atoms with van der Waals surface area (Å²) in [7, 11) is 1.61. The van der Waals surface area contributed by atoms with E-state index < -0.39 is 0 Å². The molecule has 1 aromatic heterocycles. The predicted octanol–water partition coefficient (Wildman–Crippen LogP) is 4.12. The van der Waals surface area contributed by atoms with Gasteiger partial charge in [0.1, 0.15) is 11.4 Å². The molecule has 33 heavy (non-hydrogen) atoms. The van der Waals surface area contributed by atoms with Crippen molar-refractivity contribution in [2.45, 2.75) is 6.92 Å². The third-order valence-corrected chi connectivity index (χ3v) is 5.71. The number of ether oxygens (including phenoxy) is 2. The second-order valence-corrected chi connectivity index (χ2v) is 7.95. The van der Waals surface area contributed by atoms with E-state index >= 15 is 0 Å². The van der Waals surface area contributed by atoms with Gasteiger partial charge in [-0.2, -0.15) is 5.10 Å². The van der Waals surface area contributed by atoms with Gasteiger partial charge in [-0.1, -0.05) is 23.7 Å². The summed E-state index contributed by atoms with van der Waals surface area (Å²) in [5.41, 5.74) is 2.64. The number of hydrogen-bond acceptors (Lipinski definition) is 5. The average Bonchev–Trinajstić information content (AvgIpc) is 3.30. The molecule has 0 bridgehead atoms. The molecule has 2 heterocycles. The Kier molecular flexibility index (Phi) is 6.84. The van der Waals surface area contributed by atoms with E-state index in [1.165, 1.54) is 0 Å². The first-order chi connectivity index (χ1) is 16.0. The van der Waals surface area contributed by atoms with Crippen LogP contribution < -0.4 is 4.74 Å². The molecule has 1 saturated heterocycles. The quantitative estimate of drug-likeness (QED) is 0.563. The molecule has 172 valence electrons. The third kappa shape index (κ3) is 4.96. The lowest BCUT2D eigenvalue weighted by molar-refractivity contribution is 0.0563. The number of aromatic nitrogens is 2. The zero-order chi connectivity index (χ0) is 23.4. The van der Waals surface area contributed by atoms with Crippen LogP contribution in [0.3, 0.4) is 0 Å². The summed E-state index contributed by atoms with van der Waals surface area (Å²) in [5.74, 6) is 0.548. The molecule has 4 rings (SSSR count). The Hall–Kier alpha value is -3.52. The van der Waals surface area contributed by atoms with E-state index in [0.717, 1.165) is 11.3 Å². The van der Waals surface area contributed by atoms with Crippen LogP contribution in [0.4, 0.5) is 4.79 Å². The number of amides is 2. The van der Waals surface area contributed by atoms with Crippen LogP contribution in [-0.4, -0.2) is 71.5 Å². The van der Waals surface area contributed by atoms with Crippen molar-refractivity contribution in [3.63, 3.8) is 0 Å². The van der Waals surface area contributed by atoms with Crippen molar-refractivity contribution in [3.8, 4) is 22.7 Å². The molecule has 0 N–H and O–H groups in total. The Morgan fingerprint density at radius 2 is 1.70 bits per heavy atom. The first-order valence-electron chi connectivity index (χ1n) is 10.7. The summed E-state index contributed by atoms with van der Waals surface area (Å²) in [6.45, 7) is 3.77. The lowest BCUT2D eigenvalue weighted by Gasteiger charge is -2.34. The summed E-state index contributed by atoms with van der Waals surface area (Å²) in [4.78, 5) is 28.8. The van der Waals surface area contributed by atoms with E-state index in [1.807, 2.05) is 36.4 Å². The van der Waals surface area contributed by atoms with Gasteiger partial charge in [-0.3, -0.25) is 4.79 Å².